The number of hydrogen-bond acceptors (Lipinski definition) is 2. The molecule has 2 aliphatic heterocycles. The Morgan fingerprint density at radius 1 is 0.793 bits per heavy atom. The number of aliphatic imine (C=N–C) groups is 1. The average Bonchev–Trinajstić information content (AvgIpc) is 2.79. The Balaban J connectivity index is 1.40. The lowest BCUT2D eigenvalue weighted by atomic mass is 9.73. The maximum absolute atomic E-state index is 5.13. The fourth-order valence-electron chi connectivity index (χ4n) is 4.49. The number of hydrogen-bond donors (Lipinski definition) is 1. The summed E-state index contributed by atoms with van der Waals surface area (Å²) < 4.78 is 0. The van der Waals surface area contributed by atoms with Crippen LogP contribution in [0.4, 0.5) is 5.69 Å². The molecule has 0 saturated carbocycles. The van der Waals surface area contributed by atoms with E-state index in [0.29, 0.717) is 0 Å². The Kier molecular flexibility index (Phi) is 5.15. The van der Waals surface area contributed by atoms with Crippen LogP contribution in [-0.2, 0) is 13.0 Å². The number of nitrogens with zero attached hydrogens (tertiary/aromatic N) is 1. The van der Waals surface area contributed by atoms with E-state index in [-0.39, 0.29) is 5.41 Å². The van der Waals surface area contributed by atoms with E-state index in [1.54, 1.807) is 0 Å². The van der Waals surface area contributed by atoms with Crippen LogP contribution < -0.4 is 5.32 Å². The quantitative estimate of drug-likeness (QED) is 0.549. The molecule has 2 heterocycles. The van der Waals surface area contributed by atoms with Crippen molar-refractivity contribution in [1.29, 1.82) is 0 Å². The zero-order chi connectivity index (χ0) is 19.5. The monoisotopic (exact) mass is 398 g/mol. The molecule has 29 heavy (non-hydrogen) atoms. The van der Waals surface area contributed by atoms with Crippen molar-refractivity contribution in [2.24, 2.45) is 10.4 Å². The van der Waals surface area contributed by atoms with Crippen molar-refractivity contribution in [2.75, 3.05) is 16.8 Å². The molecule has 0 amide bonds. The summed E-state index contributed by atoms with van der Waals surface area (Å²) in [6, 6.07) is 28.1. The van der Waals surface area contributed by atoms with Crippen LogP contribution in [0.15, 0.2) is 83.9 Å². The van der Waals surface area contributed by atoms with Gasteiger partial charge >= 0.3 is 0 Å². The van der Waals surface area contributed by atoms with Crippen LogP contribution in [0.25, 0.3) is 11.1 Å². The molecule has 0 unspecified atom stereocenters. The molecule has 5 rings (SSSR count). The largest absolute Gasteiger partial charge is 0.343 e. The van der Waals surface area contributed by atoms with Crippen LogP contribution in [0.3, 0.4) is 0 Å². The third-order valence-electron chi connectivity index (χ3n) is 6.23. The van der Waals surface area contributed by atoms with Crippen LogP contribution in [0, 0.1) is 5.41 Å². The second-order valence-electron chi connectivity index (χ2n) is 8.08. The highest BCUT2D eigenvalue weighted by molar-refractivity contribution is 7.99. The number of benzene rings is 3. The van der Waals surface area contributed by atoms with Gasteiger partial charge in [0.25, 0.3) is 0 Å². The Labute approximate surface area is 177 Å². The van der Waals surface area contributed by atoms with E-state index in [0.717, 1.165) is 13.0 Å². The highest BCUT2D eigenvalue weighted by Gasteiger charge is 2.41. The van der Waals surface area contributed by atoms with Crippen molar-refractivity contribution in [3.05, 3.63) is 90.0 Å². The van der Waals surface area contributed by atoms with Crippen LogP contribution in [0.2, 0.25) is 0 Å². The number of thioether (sulfide) groups is 1. The Bertz CT molecular complexity index is 1000. The normalized spacial score (nSPS) is 19.0. The predicted octanol–water partition coefficient (Wildman–Crippen LogP) is 6.43. The van der Waals surface area contributed by atoms with Crippen molar-refractivity contribution in [2.45, 2.75) is 25.8 Å². The van der Waals surface area contributed by atoms with Crippen molar-refractivity contribution < 1.29 is 0 Å². The molecule has 1 spiro atoms. The fraction of sp³-hybridized carbons (Fsp3) is 0.269. The molecule has 3 heteroatoms. The highest BCUT2D eigenvalue weighted by atomic mass is 32.2. The number of para-hydroxylation sites is 1. The molecule has 0 aromatic heterocycles. The summed E-state index contributed by atoms with van der Waals surface area (Å²) in [4.78, 5) is 5.13. The van der Waals surface area contributed by atoms with Gasteiger partial charge in [0.2, 0.25) is 0 Å². The first-order valence-electron chi connectivity index (χ1n) is 10.4. The Morgan fingerprint density at radius 2 is 1.48 bits per heavy atom. The third kappa shape index (κ3) is 3.84. The van der Waals surface area contributed by atoms with E-state index in [9.17, 15) is 0 Å². The first-order valence-corrected chi connectivity index (χ1v) is 11.6. The molecule has 0 atom stereocenters. The smallest absolute Gasteiger partial charge is 0.108 e. The summed E-state index contributed by atoms with van der Waals surface area (Å²) in [5.41, 5.74) is 6.63. The average molecular weight is 399 g/mol. The summed E-state index contributed by atoms with van der Waals surface area (Å²) in [6.07, 6.45) is 3.54. The van der Waals surface area contributed by atoms with Crippen molar-refractivity contribution in [3.8, 4) is 11.1 Å². The Hall–Kier alpha value is -2.52. The van der Waals surface area contributed by atoms with Gasteiger partial charge in [-0.1, -0.05) is 72.8 Å². The topological polar surface area (TPSA) is 24.4 Å². The lowest BCUT2D eigenvalue weighted by Gasteiger charge is -2.42. The molecule has 0 aliphatic carbocycles. The lowest BCUT2D eigenvalue weighted by Crippen LogP contribution is -2.44. The van der Waals surface area contributed by atoms with Gasteiger partial charge in [0, 0.05) is 11.1 Å². The second-order valence-corrected chi connectivity index (χ2v) is 9.30. The first-order chi connectivity index (χ1) is 14.3. The Morgan fingerprint density at radius 3 is 2.28 bits per heavy atom. The van der Waals surface area contributed by atoms with E-state index in [1.165, 1.54) is 58.1 Å². The molecule has 1 saturated heterocycles. The number of rotatable bonds is 3. The molecule has 1 fully saturated rings. The van der Waals surface area contributed by atoms with Gasteiger partial charge in [-0.15, -0.1) is 0 Å². The van der Waals surface area contributed by atoms with Gasteiger partial charge in [0.05, 0.1) is 6.54 Å². The molecule has 146 valence electrons. The molecule has 2 aliphatic rings. The van der Waals surface area contributed by atoms with E-state index in [4.69, 9.17) is 4.99 Å². The minimum Gasteiger partial charge on any atom is -0.343 e. The summed E-state index contributed by atoms with van der Waals surface area (Å²) in [5.74, 6) is 3.66. The van der Waals surface area contributed by atoms with E-state index < -0.39 is 0 Å². The van der Waals surface area contributed by atoms with Gasteiger partial charge in [-0.3, -0.25) is 4.99 Å². The molecule has 0 bridgehead atoms. The molecular weight excluding hydrogens is 372 g/mol. The number of anilines is 1. The molecule has 3 aromatic carbocycles. The van der Waals surface area contributed by atoms with E-state index in [1.807, 2.05) is 0 Å². The van der Waals surface area contributed by atoms with Crippen LogP contribution in [-0.4, -0.2) is 17.3 Å². The van der Waals surface area contributed by atoms with E-state index in [2.05, 4.69) is 95.9 Å². The van der Waals surface area contributed by atoms with Gasteiger partial charge in [-0.05, 0) is 59.1 Å². The highest BCUT2D eigenvalue weighted by Crippen LogP contribution is 2.44. The zero-order valence-corrected chi connectivity index (χ0v) is 17.4. The minimum atomic E-state index is 0.184. The molecule has 0 radical (unpaired) electrons. The first kappa shape index (κ1) is 18.5. The fourth-order valence-corrected chi connectivity index (χ4v) is 5.77. The number of amidine groups is 1. The lowest BCUT2D eigenvalue weighted by molar-refractivity contribution is 0.377. The second kappa shape index (κ2) is 8.08. The van der Waals surface area contributed by atoms with Crippen molar-refractivity contribution >= 4 is 23.3 Å². The van der Waals surface area contributed by atoms with Gasteiger partial charge in [-0.25, -0.2) is 0 Å². The SMILES string of the molecule is c1ccc(-c2ccc(CN=C3Nc4ccccc4CC34CCSCC4)cc2)cc1. The number of fused-ring (bicyclic) bond motifs is 1. The maximum Gasteiger partial charge on any atom is 0.108 e. The van der Waals surface area contributed by atoms with Crippen LogP contribution in [0.5, 0.6) is 0 Å². The third-order valence-corrected chi connectivity index (χ3v) is 7.22. The van der Waals surface area contributed by atoms with Gasteiger partial charge in [-0.2, -0.15) is 11.8 Å². The molecule has 1 N–H and O–H groups in total. The zero-order valence-electron chi connectivity index (χ0n) is 16.6. The maximum atomic E-state index is 5.13. The number of nitrogens with one attached hydrogen (secondary N) is 1. The summed E-state index contributed by atoms with van der Waals surface area (Å²) in [6.45, 7) is 0.731. The predicted molar refractivity (Wildman–Crippen MR) is 126 cm³/mol. The minimum absolute atomic E-state index is 0.184. The molecule has 2 nitrogen and oxygen atoms in total. The van der Waals surface area contributed by atoms with Gasteiger partial charge < -0.3 is 5.32 Å². The van der Waals surface area contributed by atoms with E-state index >= 15 is 0 Å². The summed E-state index contributed by atoms with van der Waals surface area (Å²) >= 11 is 2.08. The standard InChI is InChI=1S/C26H26N2S/c1-2-6-21(7-3-1)22-12-10-20(11-13-22)19-27-25-26(14-16-29-17-15-26)18-23-8-4-5-9-24(23)28-25/h1-13H,14-19H2,(H,27,28). The molecular formula is C26H26N2S. The summed E-state index contributed by atoms with van der Waals surface area (Å²) in [5, 5.41) is 3.71. The van der Waals surface area contributed by atoms with Crippen molar-refractivity contribution in [1.82, 2.24) is 0 Å². The van der Waals surface area contributed by atoms with Crippen LogP contribution >= 0.6 is 11.8 Å². The van der Waals surface area contributed by atoms with Gasteiger partial charge in [0.1, 0.15) is 5.84 Å². The van der Waals surface area contributed by atoms with Crippen molar-refractivity contribution in [3.63, 3.8) is 0 Å². The summed E-state index contributed by atoms with van der Waals surface area (Å²) in [7, 11) is 0. The van der Waals surface area contributed by atoms with Gasteiger partial charge in [0.15, 0.2) is 0 Å². The van der Waals surface area contributed by atoms with Crippen LogP contribution in [0.1, 0.15) is 24.0 Å². The molecule has 3 aromatic rings.